The van der Waals surface area contributed by atoms with E-state index in [1.165, 1.54) is 0 Å². The molecule has 0 heterocycles. The molecular weight excluding hydrogens is 226 g/mol. The fraction of sp³-hybridized carbons (Fsp3) is 0.400. The van der Waals surface area contributed by atoms with E-state index in [1.54, 1.807) is 13.2 Å². The molecule has 0 saturated heterocycles. The van der Waals surface area contributed by atoms with Crippen LogP contribution in [0, 0.1) is 0 Å². The van der Waals surface area contributed by atoms with Gasteiger partial charge in [0, 0.05) is 11.6 Å². The van der Waals surface area contributed by atoms with Crippen LogP contribution in [0.4, 0.5) is 0 Å². The molecule has 3 nitrogen and oxygen atoms in total. The van der Waals surface area contributed by atoms with Crippen LogP contribution in [0.2, 0.25) is 0 Å². The number of hydrogen-bond donors (Lipinski definition) is 1. The monoisotopic (exact) mass is 247 g/mol. The molecule has 98 valence electrons. The van der Waals surface area contributed by atoms with Gasteiger partial charge in [-0.1, -0.05) is 30.7 Å². The summed E-state index contributed by atoms with van der Waals surface area (Å²) < 4.78 is 5.32. The molecule has 3 heteroatoms. The standard InChI is InChI=1S/C15H21NO2/c1-5-13(16-15(17)10-11(2)3)12-8-6-7-9-14(12)18-4/h6-10,13H,5H2,1-4H3,(H,16,17). The second-order valence-corrected chi connectivity index (χ2v) is 4.43. The number of para-hydroxylation sites is 1. The highest BCUT2D eigenvalue weighted by molar-refractivity contribution is 5.88. The van der Waals surface area contributed by atoms with Gasteiger partial charge >= 0.3 is 0 Å². The topological polar surface area (TPSA) is 38.3 Å². The van der Waals surface area contributed by atoms with Gasteiger partial charge in [0.05, 0.1) is 13.2 Å². The van der Waals surface area contributed by atoms with E-state index >= 15 is 0 Å². The van der Waals surface area contributed by atoms with Crippen LogP contribution >= 0.6 is 0 Å². The highest BCUT2D eigenvalue weighted by atomic mass is 16.5. The van der Waals surface area contributed by atoms with Crippen LogP contribution in [-0.4, -0.2) is 13.0 Å². The highest BCUT2D eigenvalue weighted by Gasteiger charge is 2.15. The molecule has 0 aliphatic rings. The van der Waals surface area contributed by atoms with Crippen molar-refractivity contribution in [3.63, 3.8) is 0 Å². The molecule has 1 amide bonds. The van der Waals surface area contributed by atoms with Gasteiger partial charge in [0.25, 0.3) is 0 Å². The molecule has 0 fully saturated rings. The molecule has 1 atom stereocenters. The normalized spacial score (nSPS) is 11.6. The summed E-state index contributed by atoms with van der Waals surface area (Å²) in [6.45, 7) is 5.85. The Kier molecular flexibility index (Phi) is 5.43. The van der Waals surface area contributed by atoms with E-state index < -0.39 is 0 Å². The van der Waals surface area contributed by atoms with E-state index in [4.69, 9.17) is 4.74 Å². The Labute approximate surface area is 109 Å². The molecule has 0 spiro atoms. The molecule has 0 radical (unpaired) electrons. The summed E-state index contributed by atoms with van der Waals surface area (Å²) in [5.74, 6) is 0.745. The van der Waals surface area contributed by atoms with Gasteiger partial charge in [0.2, 0.25) is 5.91 Å². The number of ether oxygens (including phenoxy) is 1. The Morgan fingerprint density at radius 2 is 2.06 bits per heavy atom. The number of carbonyl (C=O) groups is 1. The molecular formula is C15H21NO2. The third-order valence-electron chi connectivity index (χ3n) is 2.66. The van der Waals surface area contributed by atoms with Crippen molar-refractivity contribution in [3.8, 4) is 5.75 Å². The molecule has 1 rings (SSSR count). The lowest BCUT2D eigenvalue weighted by Crippen LogP contribution is -2.26. The maximum atomic E-state index is 11.8. The first-order valence-corrected chi connectivity index (χ1v) is 6.16. The SMILES string of the molecule is CCC(NC(=O)C=C(C)C)c1ccccc1OC. The van der Waals surface area contributed by atoms with Crippen molar-refractivity contribution in [2.45, 2.75) is 33.2 Å². The summed E-state index contributed by atoms with van der Waals surface area (Å²) in [5.41, 5.74) is 2.00. The Morgan fingerprint density at radius 1 is 1.39 bits per heavy atom. The molecule has 0 saturated carbocycles. The lowest BCUT2D eigenvalue weighted by molar-refractivity contribution is -0.117. The number of rotatable bonds is 5. The quantitative estimate of drug-likeness (QED) is 0.811. The van der Waals surface area contributed by atoms with Gasteiger partial charge < -0.3 is 10.1 Å². The largest absolute Gasteiger partial charge is 0.496 e. The van der Waals surface area contributed by atoms with Crippen molar-refractivity contribution in [1.82, 2.24) is 5.32 Å². The van der Waals surface area contributed by atoms with Gasteiger partial charge in [-0.25, -0.2) is 0 Å². The van der Waals surface area contributed by atoms with Gasteiger partial charge in [-0.3, -0.25) is 4.79 Å². The zero-order valence-corrected chi connectivity index (χ0v) is 11.5. The van der Waals surface area contributed by atoms with Crippen LogP contribution < -0.4 is 10.1 Å². The third kappa shape index (κ3) is 3.91. The maximum absolute atomic E-state index is 11.8. The number of nitrogens with one attached hydrogen (secondary N) is 1. The maximum Gasteiger partial charge on any atom is 0.244 e. The second-order valence-electron chi connectivity index (χ2n) is 4.43. The predicted octanol–water partition coefficient (Wildman–Crippen LogP) is 3.23. The summed E-state index contributed by atoms with van der Waals surface area (Å²) in [6, 6.07) is 7.74. The fourth-order valence-electron chi connectivity index (χ4n) is 1.83. The van der Waals surface area contributed by atoms with Gasteiger partial charge in [-0.05, 0) is 26.3 Å². The van der Waals surface area contributed by atoms with E-state index in [1.807, 2.05) is 45.0 Å². The first kappa shape index (κ1) is 14.3. The third-order valence-corrected chi connectivity index (χ3v) is 2.66. The van der Waals surface area contributed by atoms with E-state index in [2.05, 4.69) is 5.32 Å². The summed E-state index contributed by atoms with van der Waals surface area (Å²) in [5, 5.41) is 2.99. The van der Waals surface area contributed by atoms with Gasteiger partial charge in [0.15, 0.2) is 0 Å². The number of amides is 1. The smallest absolute Gasteiger partial charge is 0.244 e. The zero-order valence-electron chi connectivity index (χ0n) is 11.5. The molecule has 1 aromatic carbocycles. The van der Waals surface area contributed by atoms with E-state index in [0.717, 1.165) is 23.3 Å². The minimum absolute atomic E-state index is 0.0238. The second kappa shape index (κ2) is 6.84. The molecule has 0 aliphatic heterocycles. The predicted molar refractivity (Wildman–Crippen MR) is 73.6 cm³/mol. The van der Waals surface area contributed by atoms with Crippen molar-refractivity contribution in [1.29, 1.82) is 0 Å². The molecule has 1 aromatic rings. The average Bonchev–Trinajstić information content (AvgIpc) is 2.35. The molecule has 18 heavy (non-hydrogen) atoms. The Balaban J connectivity index is 2.89. The minimum atomic E-state index is -0.0623. The number of allylic oxidation sites excluding steroid dienone is 1. The molecule has 0 bridgehead atoms. The summed E-state index contributed by atoms with van der Waals surface area (Å²) in [6.07, 6.45) is 2.43. The van der Waals surface area contributed by atoms with Crippen LogP contribution in [0.3, 0.4) is 0 Å². The zero-order chi connectivity index (χ0) is 13.5. The summed E-state index contributed by atoms with van der Waals surface area (Å²) >= 11 is 0. The van der Waals surface area contributed by atoms with Crippen LogP contribution in [0.5, 0.6) is 5.75 Å². The highest BCUT2D eigenvalue weighted by Crippen LogP contribution is 2.26. The van der Waals surface area contributed by atoms with Crippen LogP contribution in [-0.2, 0) is 4.79 Å². The van der Waals surface area contributed by atoms with Crippen molar-refractivity contribution in [3.05, 3.63) is 41.5 Å². The van der Waals surface area contributed by atoms with Gasteiger partial charge in [-0.2, -0.15) is 0 Å². The first-order valence-electron chi connectivity index (χ1n) is 6.16. The molecule has 0 aromatic heterocycles. The number of hydrogen-bond acceptors (Lipinski definition) is 2. The van der Waals surface area contributed by atoms with Crippen molar-refractivity contribution >= 4 is 5.91 Å². The number of benzene rings is 1. The average molecular weight is 247 g/mol. The van der Waals surface area contributed by atoms with E-state index in [9.17, 15) is 4.79 Å². The van der Waals surface area contributed by atoms with Gasteiger partial charge in [0.1, 0.15) is 5.75 Å². The number of methoxy groups -OCH3 is 1. The molecule has 0 aliphatic carbocycles. The van der Waals surface area contributed by atoms with Crippen LogP contribution in [0.1, 0.15) is 38.8 Å². The van der Waals surface area contributed by atoms with Crippen molar-refractivity contribution in [2.75, 3.05) is 7.11 Å². The summed E-state index contributed by atoms with van der Waals surface area (Å²) in [4.78, 5) is 11.8. The van der Waals surface area contributed by atoms with Gasteiger partial charge in [-0.15, -0.1) is 0 Å². The lowest BCUT2D eigenvalue weighted by atomic mass is 10.0. The van der Waals surface area contributed by atoms with E-state index in [-0.39, 0.29) is 11.9 Å². The van der Waals surface area contributed by atoms with Crippen LogP contribution in [0.15, 0.2) is 35.9 Å². The van der Waals surface area contributed by atoms with Crippen molar-refractivity contribution < 1.29 is 9.53 Å². The Hall–Kier alpha value is -1.77. The lowest BCUT2D eigenvalue weighted by Gasteiger charge is -2.19. The first-order chi connectivity index (χ1) is 8.58. The van der Waals surface area contributed by atoms with Crippen molar-refractivity contribution in [2.24, 2.45) is 0 Å². The van der Waals surface area contributed by atoms with E-state index in [0.29, 0.717) is 0 Å². The fourth-order valence-corrected chi connectivity index (χ4v) is 1.83. The minimum Gasteiger partial charge on any atom is -0.496 e. The number of carbonyl (C=O) groups excluding carboxylic acids is 1. The summed E-state index contributed by atoms with van der Waals surface area (Å²) in [7, 11) is 1.64. The Bertz CT molecular complexity index is 434. The molecule has 1 N–H and O–H groups in total. The molecule has 1 unspecified atom stereocenters. The van der Waals surface area contributed by atoms with Crippen LogP contribution in [0.25, 0.3) is 0 Å². The Morgan fingerprint density at radius 3 is 2.61 bits per heavy atom.